The fourth-order valence-corrected chi connectivity index (χ4v) is 4.91. The lowest BCUT2D eigenvalue weighted by Gasteiger charge is -2.19. The highest BCUT2D eigenvalue weighted by Crippen LogP contribution is 2.55. The number of carbonyl (C=O) groups is 2. The summed E-state index contributed by atoms with van der Waals surface area (Å²) in [6.07, 6.45) is 7.28. The third-order valence-electron chi connectivity index (χ3n) is 5.55. The minimum Gasteiger partial charge on any atom is -0.282 e. The van der Waals surface area contributed by atoms with E-state index in [1.165, 1.54) is 10.5 Å². The van der Waals surface area contributed by atoms with Crippen molar-refractivity contribution in [3.63, 3.8) is 0 Å². The number of fused-ring (bicyclic) bond motifs is 5. The van der Waals surface area contributed by atoms with Crippen LogP contribution in [-0.2, 0) is 23.9 Å². The van der Waals surface area contributed by atoms with E-state index in [0.29, 0.717) is 13.0 Å². The third-order valence-corrected chi connectivity index (χ3v) is 6.14. The number of hydrogen-bond donors (Lipinski definition) is 0. The molecule has 0 N–H and O–H groups in total. The van der Waals surface area contributed by atoms with E-state index in [0.717, 1.165) is 31.9 Å². The van der Waals surface area contributed by atoms with Crippen LogP contribution >= 0.6 is 0 Å². The molecule has 1 saturated heterocycles. The molecule has 7 heteroatoms. The Morgan fingerprint density at radius 3 is 2.50 bits per heavy atom. The number of nitrogens with zero attached hydrogens (tertiary/aromatic N) is 1. The van der Waals surface area contributed by atoms with Crippen LogP contribution in [0.25, 0.3) is 0 Å². The summed E-state index contributed by atoms with van der Waals surface area (Å²) in [4.78, 5) is 26.6. The monoisotopic (exact) mass is 355 g/mol. The Kier molecular flexibility index (Phi) is 4.84. The van der Waals surface area contributed by atoms with E-state index >= 15 is 0 Å². The van der Waals surface area contributed by atoms with Crippen molar-refractivity contribution in [2.45, 2.75) is 39.0 Å². The van der Waals surface area contributed by atoms with Crippen molar-refractivity contribution in [2.75, 3.05) is 19.4 Å². The van der Waals surface area contributed by atoms with Crippen LogP contribution in [0, 0.1) is 23.7 Å². The molecule has 134 valence electrons. The largest absolute Gasteiger partial charge is 0.282 e. The molecule has 1 heterocycles. The molecule has 2 fully saturated rings. The Labute approximate surface area is 143 Å². The van der Waals surface area contributed by atoms with Crippen molar-refractivity contribution in [3.05, 3.63) is 11.6 Å². The zero-order valence-corrected chi connectivity index (χ0v) is 15.0. The van der Waals surface area contributed by atoms with E-state index in [1.54, 1.807) is 0 Å². The lowest BCUT2D eigenvalue weighted by molar-refractivity contribution is -0.140. The lowest BCUT2D eigenvalue weighted by atomic mass is 9.82. The van der Waals surface area contributed by atoms with Gasteiger partial charge in [0.2, 0.25) is 11.8 Å². The van der Waals surface area contributed by atoms with Crippen LogP contribution in [0.4, 0.5) is 0 Å². The first-order chi connectivity index (χ1) is 11.3. The highest BCUT2D eigenvalue weighted by molar-refractivity contribution is 7.85. The maximum atomic E-state index is 12.6. The van der Waals surface area contributed by atoms with E-state index in [-0.39, 0.29) is 42.1 Å². The molecule has 3 rings (SSSR count). The lowest BCUT2D eigenvalue weighted by Crippen LogP contribution is -2.33. The summed E-state index contributed by atoms with van der Waals surface area (Å²) in [5.41, 5.74) is 1.27. The molecule has 4 atom stereocenters. The SMILES string of the molecule is CC1=CC2CC1[C@@H]1C(=O)N(CCCCCCOS(C)(=O)=O)C(=O)[C@H]21. The van der Waals surface area contributed by atoms with Crippen LogP contribution < -0.4 is 0 Å². The molecule has 0 radical (unpaired) electrons. The number of carbonyl (C=O) groups excluding carboxylic acids is 2. The van der Waals surface area contributed by atoms with E-state index < -0.39 is 10.1 Å². The van der Waals surface area contributed by atoms with Crippen molar-refractivity contribution < 1.29 is 22.2 Å². The summed E-state index contributed by atoms with van der Waals surface area (Å²) >= 11 is 0. The van der Waals surface area contributed by atoms with Crippen molar-refractivity contribution in [1.29, 1.82) is 0 Å². The van der Waals surface area contributed by atoms with Crippen LogP contribution in [0.3, 0.4) is 0 Å². The van der Waals surface area contributed by atoms with Gasteiger partial charge in [0.25, 0.3) is 10.1 Å². The topological polar surface area (TPSA) is 80.8 Å². The second-order valence-electron chi connectivity index (χ2n) is 7.24. The number of amides is 2. The molecule has 3 aliphatic rings. The number of allylic oxidation sites excluding steroid dienone is 2. The summed E-state index contributed by atoms with van der Waals surface area (Å²) in [5, 5.41) is 0. The Morgan fingerprint density at radius 2 is 1.79 bits per heavy atom. The molecule has 2 unspecified atom stereocenters. The van der Waals surface area contributed by atoms with Gasteiger partial charge in [-0.2, -0.15) is 8.42 Å². The maximum absolute atomic E-state index is 12.6. The molecule has 24 heavy (non-hydrogen) atoms. The molecule has 2 amide bonds. The zero-order chi connectivity index (χ0) is 17.5. The second kappa shape index (κ2) is 6.59. The van der Waals surface area contributed by atoms with Gasteiger partial charge < -0.3 is 0 Å². The van der Waals surface area contributed by atoms with Crippen LogP contribution in [0.2, 0.25) is 0 Å². The van der Waals surface area contributed by atoms with Gasteiger partial charge in [-0.25, -0.2) is 0 Å². The molecular weight excluding hydrogens is 330 g/mol. The number of imide groups is 1. The summed E-state index contributed by atoms with van der Waals surface area (Å²) in [6, 6.07) is 0. The summed E-state index contributed by atoms with van der Waals surface area (Å²) < 4.78 is 26.4. The van der Waals surface area contributed by atoms with Crippen LogP contribution in [0.5, 0.6) is 0 Å². The fourth-order valence-electron chi connectivity index (χ4n) is 4.49. The molecule has 6 nitrogen and oxygen atoms in total. The highest BCUT2D eigenvalue weighted by Gasteiger charge is 2.60. The Balaban J connectivity index is 1.42. The zero-order valence-electron chi connectivity index (χ0n) is 14.2. The van der Waals surface area contributed by atoms with E-state index in [9.17, 15) is 18.0 Å². The van der Waals surface area contributed by atoms with Crippen molar-refractivity contribution >= 4 is 21.9 Å². The Hall–Kier alpha value is -1.21. The van der Waals surface area contributed by atoms with Gasteiger partial charge in [-0.1, -0.05) is 24.5 Å². The van der Waals surface area contributed by atoms with E-state index in [4.69, 9.17) is 0 Å². The van der Waals surface area contributed by atoms with Gasteiger partial charge in [-0.3, -0.25) is 18.7 Å². The average Bonchev–Trinajstić information content (AvgIpc) is 3.10. The molecule has 2 aliphatic carbocycles. The molecular formula is C17H25NO5S. The van der Waals surface area contributed by atoms with Crippen LogP contribution in [0.1, 0.15) is 39.0 Å². The normalized spacial score (nSPS) is 31.8. The quantitative estimate of drug-likeness (QED) is 0.287. The van der Waals surface area contributed by atoms with Crippen molar-refractivity contribution in [2.24, 2.45) is 23.7 Å². The van der Waals surface area contributed by atoms with Crippen molar-refractivity contribution in [3.8, 4) is 0 Å². The molecule has 1 aliphatic heterocycles. The smallest absolute Gasteiger partial charge is 0.264 e. The van der Waals surface area contributed by atoms with Gasteiger partial charge in [0.15, 0.2) is 0 Å². The number of likely N-dealkylation sites (tertiary alicyclic amines) is 1. The van der Waals surface area contributed by atoms with Crippen LogP contribution in [0.15, 0.2) is 11.6 Å². The first kappa shape index (κ1) is 17.6. The molecule has 0 aromatic rings. The molecule has 0 aromatic heterocycles. The van der Waals surface area contributed by atoms with Gasteiger partial charge >= 0.3 is 0 Å². The molecule has 2 bridgehead atoms. The van der Waals surface area contributed by atoms with E-state index in [2.05, 4.69) is 17.2 Å². The van der Waals surface area contributed by atoms with Gasteiger partial charge in [-0.05, 0) is 38.0 Å². The van der Waals surface area contributed by atoms with Gasteiger partial charge in [-0.15, -0.1) is 0 Å². The maximum Gasteiger partial charge on any atom is 0.264 e. The number of unbranched alkanes of at least 4 members (excludes halogenated alkanes) is 3. The molecule has 0 spiro atoms. The van der Waals surface area contributed by atoms with Gasteiger partial charge in [0.1, 0.15) is 0 Å². The standard InChI is InChI=1S/C17H25NO5S/c1-11-9-12-10-13(11)15-14(12)16(19)18(17(15)20)7-5-3-4-6-8-23-24(2,21)22/h9,12-15H,3-8,10H2,1-2H3/t12?,13?,14-,15+/m1/s1. The van der Waals surface area contributed by atoms with E-state index in [1.807, 2.05) is 0 Å². The van der Waals surface area contributed by atoms with Crippen molar-refractivity contribution in [1.82, 2.24) is 4.90 Å². The first-order valence-electron chi connectivity index (χ1n) is 8.67. The third kappa shape index (κ3) is 3.28. The minimum atomic E-state index is -3.36. The predicted octanol–water partition coefficient (Wildman–Crippen LogP) is 1.72. The van der Waals surface area contributed by atoms with Gasteiger partial charge in [0, 0.05) is 6.54 Å². The Morgan fingerprint density at radius 1 is 1.12 bits per heavy atom. The number of hydrogen-bond acceptors (Lipinski definition) is 5. The van der Waals surface area contributed by atoms with Gasteiger partial charge in [0.05, 0.1) is 24.7 Å². The Bertz CT molecular complexity index is 668. The summed E-state index contributed by atoms with van der Waals surface area (Å²) in [6.45, 7) is 2.74. The summed E-state index contributed by atoms with van der Waals surface area (Å²) in [7, 11) is -3.36. The molecule has 1 saturated carbocycles. The fraction of sp³-hybridized carbons (Fsp3) is 0.765. The first-order valence-corrected chi connectivity index (χ1v) is 10.5. The minimum absolute atomic E-state index is 0.0154. The highest BCUT2D eigenvalue weighted by atomic mass is 32.2. The predicted molar refractivity (Wildman–Crippen MR) is 88.3 cm³/mol. The molecule has 0 aromatic carbocycles. The average molecular weight is 355 g/mol. The number of rotatable bonds is 8. The summed E-state index contributed by atoms with van der Waals surface area (Å²) in [5.74, 6) is 0.334. The second-order valence-corrected chi connectivity index (χ2v) is 8.88. The van der Waals surface area contributed by atoms with Crippen LogP contribution in [-0.4, -0.2) is 44.5 Å².